The highest BCUT2D eigenvalue weighted by molar-refractivity contribution is 5.38. The lowest BCUT2D eigenvalue weighted by atomic mass is 10.1. The Hall–Kier alpha value is -1.50. The third kappa shape index (κ3) is 5.22. The maximum absolute atomic E-state index is 12.0. The van der Waals surface area contributed by atoms with Gasteiger partial charge in [0.15, 0.2) is 0 Å². The Labute approximate surface area is 101 Å². The van der Waals surface area contributed by atoms with Crippen LogP contribution in [0.3, 0.4) is 0 Å². The first-order chi connectivity index (χ1) is 8.51. The van der Waals surface area contributed by atoms with Gasteiger partial charge in [-0.15, -0.1) is 0 Å². The zero-order valence-corrected chi connectivity index (χ0v) is 9.28. The van der Waals surface area contributed by atoms with Gasteiger partial charge in [-0.2, -0.15) is 17.6 Å². The molecule has 0 aliphatic rings. The first-order valence-corrected chi connectivity index (χ1v) is 5.15. The summed E-state index contributed by atoms with van der Waals surface area (Å²) in [6, 6.07) is 3.54. The number of aliphatic hydroxyl groups excluding tert-OH is 1. The first kappa shape index (κ1) is 14.6. The lowest BCUT2D eigenvalue weighted by Crippen LogP contribution is -2.05. The van der Waals surface area contributed by atoms with Gasteiger partial charge in [-0.05, 0) is 30.5 Å². The van der Waals surface area contributed by atoms with Gasteiger partial charge in [-0.25, -0.2) is 0 Å². The average molecular weight is 268 g/mol. The Kier molecular flexibility index (Phi) is 5.70. The highest BCUT2D eigenvalue weighted by atomic mass is 19.3. The molecule has 0 saturated heterocycles. The molecule has 18 heavy (non-hydrogen) atoms. The zero-order chi connectivity index (χ0) is 13.5. The van der Waals surface area contributed by atoms with E-state index >= 15 is 0 Å². The smallest absolute Gasteiger partial charge is 0.387 e. The van der Waals surface area contributed by atoms with Gasteiger partial charge < -0.3 is 14.6 Å². The third-order valence-electron chi connectivity index (χ3n) is 2.01. The van der Waals surface area contributed by atoms with Crippen LogP contribution in [0.1, 0.15) is 12.0 Å². The number of hydrogen-bond acceptors (Lipinski definition) is 3. The second kappa shape index (κ2) is 7.05. The van der Waals surface area contributed by atoms with Crippen molar-refractivity contribution in [1.29, 1.82) is 0 Å². The predicted octanol–water partition coefficient (Wildman–Crippen LogP) is 2.81. The minimum Gasteiger partial charge on any atom is -0.435 e. The molecule has 0 heterocycles. The van der Waals surface area contributed by atoms with Crippen LogP contribution in [0.2, 0.25) is 0 Å². The van der Waals surface area contributed by atoms with Crippen molar-refractivity contribution >= 4 is 0 Å². The Bertz CT molecular complexity index is 343. The summed E-state index contributed by atoms with van der Waals surface area (Å²) < 4.78 is 56.5. The minimum atomic E-state index is -3.04. The largest absolute Gasteiger partial charge is 0.435 e. The summed E-state index contributed by atoms with van der Waals surface area (Å²) in [5, 5.41) is 8.65. The summed E-state index contributed by atoms with van der Waals surface area (Å²) in [5.41, 5.74) is 0.470. The quantitative estimate of drug-likeness (QED) is 0.773. The van der Waals surface area contributed by atoms with Crippen molar-refractivity contribution < 1.29 is 32.1 Å². The molecule has 0 bridgehead atoms. The van der Waals surface area contributed by atoms with E-state index < -0.39 is 13.2 Å². The number of halogens is 4. The maximum atomic E-state index is 12.0. The van der Waals surface area contributed by atoms with Crippen LogP contribution in [-0.4, -0.2) is 24.9 Å². The number of hydrogen-bond donors (Lipinski definition) is 1. The van der Waals surface area contributed by atoms with Crippen molar-refractivity contribution in [2.45, 2.75) is 26.1 Å². The summed E-state index contributed by atoms with van der Waals surface area (Å²) in [6.45, 7) is -6.18. The Morgan fingerprint density at radius 1 is 0.944 bits per heavy atom. The number of aliphatic hydroxyl groups is 1. The van der Waals surface area contributed by atoms with E-state index in [4.69, 9.17) is 5.11 Å². The van der Waals surface area contributed by atoms with E-state index in [-0.39, 0.29) is 18.1 Å². The van der Waals surface area contributed by atoms with Gasteiger partial charge in [0.1, 0.15) is 11.5 Å². The second-order valence-corrected chi connectivity index (χ2v) is 3.40. The lowest BCUT2D eigenvalue weighted by molar-refractivity contribution is -0.0543. The number of benzene rings is 1. The lowest BCUT2D eigenvalue weighted by Gasteiger charge is -2.11. The molecule has 1 aromatic rings. The van der Waals surface area contributed by atoms with Crippen molar-refractivity contribution in [2.24, 2.45) is 0 Å². The number of ether oxygens (including phenoxy) is 2. The number of aryl methyl sites for hydroxylation is 1. The molecule has 1 rings (SSSR count). The molecule has 0 unspecified atom stereocenters. The first-order valence-electron chi connectivity index (χ1n) is 5.15. The normalized spacial score (nSPS) is 11.1. The Balaban J connectivity index is 2.88. The molecule has 1 aromatic carbocycles. The predicted molar refractivity (Wildman–Crippen MR) is 55.1 cm³/mol. The summed E-state index contributed by atoms with van der Waals surface area (Å²) >= 11 is 0. The van der Waals surface area contributed by atoms with E-state index in [0.29, 0.717) is 18.4 Å². The van der Waals surface area contributed by atoms with E-state index in [1.165, 1.54) is 12.1 Å². The van der Waals surface area contributed by atoms with Crippen molar-refractivity contribution in [3.05, 3.63) is 23.8 Å². The molecule has 0 atom stereocenters. The highest BCUT2D eigenvalue weighted by Gasteiger charge is 2.11. The number of rotatable bonds is 7. The minimum absolute atomic E-state index is 0.0923. The monoisotopic (exact) mass is 268 g/mol. The van der Waals surface area contributed by atoms with Crippen molar-refractivity contribution in [2.75, 3.05) is 6.61 Å². The van der Waals surface area contributed by atoms with Gasteiger partial charge in [-0.3, -0.25) is 0 Å². The second-order valence-electron chi connectivity index (χ2n) is 3.40. The fourth-order valence-corrected chi connectivity index (χ4v) is 1.40. The van der Waals surface area contributed by atoms with Gasteiger partial charge in [0, 0.05) is 12.7 Å². The van der Waals surface area contributed by atoms with Crippen LogP contribution >= 0.6 is 0 Å². The standard InChI is InChI=1S/C11H12F4O3/c12-10(13)17-8-4-7(2-1-3-16)5-9(6-8)18-11(14)15/h4-6,10-11,16H,1-3H2. The Morgan fingerprint density at radius 2 is 1.44 bits per heavy atom. The molecule has 0 fully saturated rings. The molecule has 0 aliphatic carbocycles. The molecule has 1 N–H and O–H groups in total. The van der Waals surface area contributed by atoms with Crippen molar-refractivity contribution in [3.8, 4) is 11.5 Å². The van der Waals surface area contributed by atoms with Gasteiger partial charge >= 0.3 is 13.2 Å². The topological polar surface area (TPSA) is 38.7 Å². The molecular formula is C11H12F4O3. The zero-order valence-electron chi connectivity index (χ0n) is 9.28. The summed E-state index contributed by atoms with van der Waals surface area (Å²) in [7, 11) is 0. The van der Waals surface area contributed by atoms with E-state index in [1.54, 1.807) is 0 Å². The molecule has 0 amide bonds. The summed E-state index contributed by atoms with van der Waals surface area (Å²) in [6.07, 6.45) is 0.725. The van der Waals surface area contributed by atoms with E-state index in [9.17, 15) is 17.6 Å². The van der Waals surface area contributed by atoms with Crippen LogP contribution in [0.4, 0.5) is 17.6 Å². The van der Waals surface area contributed by atoms with E-state index in [0.717, 1.165) is 6.07 Å². The molecular weight excluding hydrogens is 256 g/mol. The number of alkyl halides is 4. The van der Waals surface area contributed by atoms with E-state index in [1.807, 2.05) is 0 Å². The van der Waals surface area contributed by atoms with Gasteiger partial charge in [0.05, 0.1) is 0 Å². The van der Waals surface area contributed by atoms with Crippen LogP contribution in [-0.2, 0) is 6.42 Å². The fourth-order valence-electron chi connectivity index (χ4n) is 1.40. The SMILES string of the molecule is OCCCc1cc(OC(F)F)cc(OC(F)F)c1. The van der Waals surface area contributed by atoms with Crippen LogP contribution in [0.25, 0.3) is 0 Å². The molecule has 102 valence electrons. The molecule has 3 nitrogen and oxygen atoms in total. The van der Waals surface area contributed by atoms with Gasteiger partial charge in [0.25, 0.3) is 0 Å². The highest BCUT2D eigenvalue weighted by Crippen LogP contribution is 2.26. The van der Waals surface area contributed by atoms with Crippen LogP contribution in [0, 0.1) is 0 Å². The molecule has 0 aliphatic heterocycles. The molecule has 0 aromatic heterocycles. The Morgan fingerprint density at radius 3 is 1.83 bits per heavy atom. The third-order valence-corrected chi connectivity index (χ3v) is 2.01. The van der Waals surface area contributed by atoms with Crippen LogP contribution in [0.15, 0.2) is 18.2 Å². The fraction of sp³-hybridized carbons (Fsp3) is 0.455. The summed E-state index contributed by atoms with van der Waals surface area (Å²) in [4.78, 5) is 0. The molecule has 0 saturated carbocycles. The maximum Gasteiger partial charge on any atom is 0.387 e. The average Bonchev–Trinajstić information content (AvgIpc) is 2.24. The van der Waals surface area contributed by atoms with Gasteiger partial charge in [-0.1, -0.05) is 0 Å². The molecule has 7 heteroatoms. The summed E-state index contributed by atoms with van der Waals surface area (Å²) in [5.74, 6) is -0.507. The van der Waals surface area contributed by atoms with Crippen LogP contribution in [0.5, 0.6) is 11.5 Å². The molecule has 0 spiro atoms. The molecule has 0 radical (unpaired) electrons. The van der Waals surface area contributed by atoms with Gasteiger partial charge in [0.2, 0.25) is 0 Å². The van der Waals surface area contributed by atoms with Crippen molar-refractivity contribution in [3.63, 3.8) is 0 Å². The van der Waals surface area contributed by atoms with E-state index in [2.05, 4.69) is 9.47 Å². The van der Waals surface area contributed by atoms with Crippen molar-refractivity contribution in [1.82, 2.24) is 0 Å². The van der Waals surface area contributed by atoms with Crippen LogP contribution < -0.4 is 9.47 Å².